The van der Waals surface area contributed by atoms with E-state index in [2.05, 4.69) is 4.98 Å². The van der Waals surface area contributed by atoms with Crippen LogP contribution in [0.4, 0.5) is 13.2 Å². The average Bonchev–Trinajstić information content (AvgIpc) is 2.60. The molecular weight excluding hydrogens is 294 g/mol. The zero-order valence-corrected chi connectivity index (χ0v) is 9.94. The van der Waals surface area contributed by atoms with E-state index in [4.69, 9.17) is 23.2 Å². The maximum Gasteiger partial charge on any atom is 0.432 e. The van der Waals surface area contributed by atoms with E-state index in [1.807, 2.05) is 5.10 Å². The van der Waals surface area contributed by atoms with Crippen molar-refractivity contribution in [2.45, 2.75) is 6.18 Å². The molecule has 2 rings (SSSR count). The maximum atomic E-state index is 12.4. The van der Waals surface area contributed by atoms with Crippen molar-refractivity contribution in [2.75, 3.05) is 0 Å². The lowest BCUT2D eigenvalue weighted by Crippen LogP contribution is -2.15. The van der Waals surface area contributed by atoms with Gasteiger partial charge in [-0.15, -0.1) is 0 Å². The van der Waals surface area contributed by atoms with Crippen LogP contribution < -0.4 is 5.56 Å². The zero-order valence-electron chi connectivity index (χ0n) is 8.42. The van der Waals surface area contributed by atoms with Crippen LogP contribution in [0.5, 0.6) is 0 Å². The number of nitrogens with zero attached hydrogens (tertiary/aromatic N) is 2. The van der Waals surface area contributed by atoms with E-state index in [9.17, 15) is 18.0 Å². The third-order valence-corrected chi connectivity index (χ3v) is 2.51. The number of alkyl halides is 3. The van der Waals surface area contributed by atoms with E-state index >= 15 is 0 Å². The Hall–Kier alpha value is -1.47. The van der Waals surface area contributed by atoms with Gasteiger partial charge in [-0.25, -0.2) is 4.98 Å². The summed E-state index contributed by atoms with van der Waals surface area (Å²) in [6.07, 6.45) is -3.48. The fourth-order valence-corrected chi connectivity index (χ4v) is 1.73. The number of aromatic nitrogens is 3. The number of H-pyrrole nitrogens is 1. The lowest BCUT2D eigenvalue weighted by Gasteiger charge is -2.05. The number of pyridine rings is 1. The van der Waals surface area contributed by atoms with Crippen molar-refractivity contribution in [3.05, 3.63) is 44.4 Å². The predicted octanol–water partition coefficient (Wildman–Crippen LogP) is 2.89. The van der Waals surface area contributed by atoms with Crippen LogP contribution in [0.3, 0.4) is 0 Å². The molecule has 18 heavy (non-hydrogen) atoms. The van der Waals surface area contributed by atoms with Crippen LogP contribution in [0.2, 0.25) is 10.0 Å². The van der Waals surface area contributed by atoms with Crippen LogP contribution in [0.25, 0.3) is 5.82 Å². The van der Waals surface area contributed by atoms with Gasteiger partial charge in [0, 0.05) is 12.3 Å². The highest BCUT2D eigenvalue weighted by atomic mass is 35.5. The van der Waals surface area contributed by atoms with Gasteiger partial charge in [-0.05, 0) is 6.07 Å². The first kappa shape index (κ1) is 13.0. The summed E-state index contributed by atoms with van der Waals surface area (Å²) >= 11 is 11.3. The summed E-state index contributed by atoms with van der Waals surface area (Å²) in [7, 11) is 0. The molecule has 9 heteroatoms. The summed E-state index contributed by atoms with van der Waals surface area (Å²) in [5, 5.41) is 2.05. The first-order valence-electron chi connectivity index (χ1n) is 4.50. The number of hydrogen-bond donors (Lipinski definition) is 1. The molecular formula is C9H4Cl2F3N3O. The molecule has 1 N–H and O–H groups in total. The van der Waals surface area contributed by atoms with E-state index in [1.54, 1.807) is 0 Å². The topological polar surface area (TPSA) is 50.7 Å². The second-order valence-electron chi connectivity index (χ2n) is 3.30. The Morgan fingerprint density at radius 3 is 2.44 bits per heavy atom. The van der Waals surface area contributed by atoms with Gasteiger partial charge in [0.15, 0.2) is 5.82 Å². The molecule has 0 saturated carbocycles. The number of aromatic amines is 1. The largest absolute Gasteiger partial charge is 0.432 e. The second kappa shape index (κ2) is 4.33. The standard InChI is InChI=1S/C9H4Cl2F3N3O/c10-4-1-5(11)8(15-3-4)17-7(18)2-6(16-17)9(12,13)14/h1-3,16H. The second-order valence-corrected chi connectivity index (χ2v) is 4.14. The Bertz CT molecular complexity index is 647. The van der Waals surface area contributed by atoms with Gasteiger partial charge in [0.25, 0.3) is 5.56 Å². The summed E-state index contributed by atoms with van der Waals surface area (Å²) in [6, 6.07) is 1.69. The monoisotopic (exact) mass is 297 g/mol. The Labute approximate surface area is 108 Å². The highest BCUT2D eigenvalue weighted by molar-refractivity contribution is 6.35. The summed E-state index contributed by atoms with van der Waals surface area (Å²) < 4.78 is 37.8. The first-order valence-corrected chi connectivity index (χ1v) is 5.25. The van der Waals surface area contributed by atoms with Gasteiger partial charge in [0.1, 0.15) is 5.69 Å². The van der Waals surface area contributed by atoms with Gasteiger partial charge >= 0.3 is 6.18 Å². The summed E-state index contributed by atoms with van der Waals surface area (Å²) in [5.41, 5.74) is -2.10. The minimum atomic E-state index is -4.65. The fourth-order valence-electron chi connectivity index (χ4n) is 1.27. The first-order chi connectivity index (χ1) is 8.29. The number of halogens is 5. The van der Waals surface area contributed by atoms with Crippen LogP contribution in [0.15, 0.2) is 23.1 Å². The number of hydrogen-bond acceptors (Lipinski definition) is 2. The van der Waals surface area contributed by atoms with Crippen LogP contribution in [0, 0.1) is 0 Å². The van der Waals surface area contributed by atoms with E-state index in [0.717, 1.165) is 0 Å². The lowest BCUT2D eigenvalue weighted by molar-refractivity contribution is -0.141. The minimum absolute atomic E-state index is 0.0415. The van der Waals surface area contributed by atoms with Crippen LogP contribution >= 0.6 is 23.2 Å². The average molecular weight is 298 g/mol. The van der Waals surface area contributed by atoms with Crippen LogP contribution in [0.1, 0.15) is 5.69 Å². The lowest BCUT2D eigenvalue weighted by atomic mass is 10.4. The summed E-state index contributed by atoms with van der Waals surface area (Å²) in [4.78, 5) is 15.1. The molecule has 0 amide bonds. The maximum absolute atomic E-state index is 12.4. The molecule has 0 bridgehead atoms. The predicted molar refractivity (Wildman–Crippen MR) is 59.2 cm³/mol. The number of nitrogens with one attached hydrogen (secondary N) is 1. The Kier molecular flexibility index (Phi) is 3.12. The van der Waals surface area contributed by atoms with Gasteiger partial charge in [0.05, 0.1) is 10.0 Å². The summed E-state index contributed by atoms with van der Waals surface area (Å²) in [6.45, 7) is 0. The van der Waals surface area contributed by atoms with Gasteiger partial charge < -0.3 is 0 Å². The molecule has 0 spiro atoms. The van der Waals surface area contributed by atoms with E-state index in [1.165, 1.54) is 12.3 Å². The van der Waals surface area contributed by atoms with E-state index in [0.29, 0.717) is 10.7 Å². The third-order valence-electron chi connectivity index (χ3n) is 2.03. The molecule has 4 nitrogen and oxygen atoms in total. The highest BCUT2D eigenvalue weighted by Gasteiger charge is 2.34. The molecule has 2 aromatic rings. The fraction of sp³-hybridized carbons (Fsp3) is 0.111. The van der Waals surface area contributed by atoms with Gasteiger partial charge in [-0.2, -0.15) is 17.9 Å². The molecule has 0 radical (unpaired) electrons. The molecule has 2 heterocycles. The van der Waals surface area contributed by atoms with Crippen molar-refractivity contribution in [3.63, 3.8) is 0 Å². The van der Waals surface area contributed by atoms with Crippen molar-refractivity contribution < 1.29 is 13.2 Å². The molecule has 2 aromatic heterocycles. The molecule has 0 aliphatic carbocycles. The Balaban J connectivity index is 2.58. The van der Waals surface area contributed by atoms with Crippen molar-refractivity contribution in [1.82, 2.24) is 14.8 Å². The van der Waals surface area contributed by atoms with Crippen LogP contribution in [-0.4, -0.2) is 14.8 Å². The third kappa shape index (κ3) is 2.37. The minimum Gasteiger partial charge on any atom is -0.285 e. The molecule has 0 saturated heterocycles. The molecule has 0 aliphatic rings. The molecule has 96 valence electrons. The van der Waals surface area contributed by atoms with Crippen LogP contribution in [-0.2, 0) is 6.18 Å². The van der Waals surface area contributed by atoms with E-state index < -0.39 is 17.4 Å². The SMILES string of the molecule is O=c1cc(C(F)(F)F)[nH]n1-c1ncc(Cl)cc1Cl. The van der Waals surface area contributed by atoms with Gasteiger partial charge in [-0.1, -0.05) is 23.2 Å². The summed E-state index contributed by atoms with van der Waals surface area (Å²) in [5.74, 6) is -0.151. The molecule has 0 unspecified atom stereocenters. The van der Waals surface area contributed by atoms with Gasteiger partial charge in [0.2, 0.25) is 0 Å². The van der Waals surface area contributed by atoms with Crippen molar-refractivity contribution in [3.8, 4) is 5.82 Å². The zero-order chi connectivity index (χ0) is 13.5. The Morgan fingerprint density at radius 2 is 1.94 bits per heavy atom. The Morgan fingerprint density at radius 1 is 1.28 bits per heavy atom. The highest BCUT2D eigenvalue weighted by Crippen LogP contribution is 2.27. The van der Waals surface area contributed by atoms with Crippen molar-refractivity contribution in [2.24, 2.45) is 0 Å². The number of rotatable bonds is 1. The van der Waals surface area contributed by atoms with Gasteiger partial charge in [-0.3, -0.25) is 9.89 Å². The van der Waals surface area contributed by atoms with Crippen molar-refractivity contribution >= 4 is 23.2 Å². The molecule has 0 fully saturated rings. The normalized spacial score (nSPS) is 11.8. The van der Waals surface area contributed by atoms with Crippen molar-refractivity contribution in [1.29, 1.82) is 0 Å². The van der Waals surface area contributed by atoms with E-state index in [-0.39, 0.29) is 15.9 Å². The molecule has 0 aliphatic heterocycles. The molecule has 0 atom stereocenters. The quantitative estimate of drug-likeness (QED) is 0.880. The molecule has 0 aromatic carbocycles. The smallest absolute Gasteiger partial charge is 0.285 e.